The minimum absolute atomic E-state index is 0.216. The summed E-state index contributed by atoms with van der Waals surface area (Å²) in [6.07, 6.45) is 0.380. The van der Waals surface area contributed by atoms with E-state index in [1.165, 1.54) is 21.9 Å². The van der Waals surface area contributed by atoms with Gasteiger partial charge in [0, 0.05) is 31.2 Å². The first-order valence-corrected chi connectivity index (χ1v) is 10.1. The molecule has 0 radical (unpaired) electrons. The van der Waals surface area contributed by atoms with Gasteiger partial charge < -0.3 is 15.1 Å². The van der Waals surface area contributed by atoms with Gasteiger partial charge in [-0.1, -0.05) is 48.9 Å². The average Bonchev–Trinajstić information content (AvgIpc) is 2.74. The molecule has 2 aromatic carbocycles. The molecule has 3 rings (SSSR count). The van der Waals surface area contributed by atoms with Crippen molar-refractivity contribution < 1.29 is 18.8 Å². The number of rotatable bonds is 7. The van der Waals surface area contributed by atoms with Crippen LogP contribution in [0.15, 0.2) is 48.5 Å². The van der Waals surface area contributed by atoms with Gasteiger partial charge in [-0.3, -0.25) is 14.4 Å². The third kappa shape index (κ3) is 4.97. The third-order valence-electron chi connectivity index (χ3n) is 5.11. The number of halogens is 2. The van der Waals surface area contributed by atoms with Gasteiger partial charge in [0.2, 0.25) is 5.91 Å². The Morgan fingerprint density at radius 1 is 1.10 bits per heavy atom. The highest BCUT2D eigenvalue weighted by Gasteiger charge is 2.38. The Kier molecular flexibility index (Phi) is 7.05. The molecule has 158 valence electrons. The maximum absolute atomic E-state index is 13.1. The Balaban J connectivity index is 1.62. The van der Waals surface area contributed by atoms with Crippen LogP contribution in [0.3, 0.4) is 0 Å². The molecular formula is C22H23ClFN3O3. The summed E-state index contributed by atoms with van der Waals surface area (Å²) in [6, 6.07) is 12.2. The summed E-state index contributed by atoms with van der Waals surface area (Å²) in [5, 5.41) is 3.35. The first-order chi connectivity index (χ1) is 14.4. The maximum atomic E-state index is 13.1. The van der Waals surface area contributed by atoms with Gasteiger partial charge in [-0.2, -0.15) is 0 Å². The molecule has 6 nitrogen and oxygen atoms in total. The Hall–Kier alpha value is -2.93. The topological polar surface area (TPSA) is 69.7 Å². The normalized spacial score (nSPS) is 15.3. The van der Waals surface area contributed by atoms with Crippen LogP contribution in [-0.2, 0) is 27.5 Å². The van der Waals surface area contributed by atoms with Crippen molar-refractivity contribution in [3.8, 4) is 0 Å². The number of carbonyl (C=O) groups is 3. The van der Waals surface area contributed by atoms with Crippen LogP contribution in [0.1, 0.15) is 24.5 Å². The van der Waals surface area contributed by atoms with Crippen molar-refractivity contribution >= 4 is 29.3 Å². The molecule has 3 amide bonds. The quantitative estimate of drug-likeness (QED) is 0.685. The number of amides is 3. The minimum atomic E-state index is -0.739. The summed E-state index contributed by atoms with van der Waals surface area (Å²) in [5.74, 6) is -2.06. The zero-order chi connectivity index (χ0) is 21.7. The van der Waals surface area contributed by atoms with Gasteiger partial charge in [0.05, 0.1) is 0 Å². The summed E-state index contributed by atoms with van der Waals surface area (Å²) in [6.45, 7) is 2.80. The molecule has 8 heteroatoms. The number of hydrogen-bond acceptors (Lipinski definition) is 3. The van der Waals surface area contributed by atoms with E-state index in [2.05, 4.69) is 5.32 Å². The standard InChI is InChI=1S/C22H23ClFN3O3/c1-2-19(20(28)25-13-16-5-3-4-6-18(16)23)27-12-11-26(21(29)22(27)30)14-15-7-9-17(24)10-8-15/h3-10,19H,2,11-14H2,1H3,(H,25,28). The van der Waals surface area contributed by atoms with E-state index in [4.69, 9.17) is 11.6 Å². The second-order valence-electron chi connectivity index (χ2n) is 7.08. The Morgan fingerprint density at radius 2 is 1.80 bits per heavy atom. The molecule has 1 aliphatic rings. The van der Waals surface area contributed by atoms with E-state index >= 15 is 0 Å². The van der Waals surface area contributed by atoms with Crippen molar-refractivity contribution in [3.05, 3.63) is 70.5 Å². The molecule has 2 aromatic rings. The summed E-state index contributed by atoms with van der Waals surface area (Å²) in [4.78, 5) is 40.7. The molecule has 1 atom stereocenters. The summed E-state index contributed by atoms with van der Waals surface area (Å²) >= 11 is 6.12. The fourth-order valence-electron chi connectivity index (χ4n) is 3.44. The molecule has 0 aromatic heterocycles. The maximum Gasteiger partial charge on any atom is 0.312 e. The molecule has 1 saturated heterocycles. The minimum Gasteiger partial charge on any atom is -0.350 e. The Bertz CT molecular complexity index is 935. The first kappa shape index (κ1) is 21.8. The molecule has 0 bridgehead atoms. The highest BCUT2D eigenvalue weighted by molar-refractivity contribution is 6.35. The monoisotopic (exact) mass is 431 g/mol. The fourth-order valence-corrected chi connectivity index (χ4v) is 3.64. The van der Waals surface area contributed by atoms with E-state index in [0.717, 1.165) is 11.1 Å². The molecule has 0 spiro atoms. The largest absolute Gasteiger partial charge is 0.350 e. The third-order valence-corrected chi connectivity index (χ3v) is 5.47. The molecule has 0 aliphatic carbocycles. The highest BCUT2D eigenvalue weighted by Crippen LogP contribution is 2.17. The predicted molar refractivity (Wildman–Crippen MR) is 111 cm³/mol. The number of benzene rings is 2. The van der Waals surface area contributed by atoms with Gasteiger partial charge in [-0.05, 0) is 35.7 Å². The zero-order valence-electron chi connectivity index (χ0n) is 16.6. The van der Waals surface area contributed by atoms with Crippen LogP contribution >= 0.6 is 11.6 Å². The van der Waals surface area contributed by atoms with E-state index in [-0.39, 0.29) is 31.4 Å². The molecule has 1 N–H and O–H groups in total. The van der Waals surface area contributed by atoms with Crippen molar-refractivity contribution in [2.24, 2.45) is 0 Å². The van der Waals surface area contributed by atoms with Crippen LogP contribution in [0.5, 0.6) is 0 Å². The summed E-state index contributed by atoms with van der Waals surface area (Å²) < 4.78 is 13.1. The van der Waals surface area contributed by atoms with E-state index < -0.39 is 17.9 Å². The van der Waals surface area contributed by atoms with Crippen molar-refractivity contribution in [1.82, 2.24) is 15.1 Å². The van der Waals surface area contributed by atoms with Crippen LogP contribution in [0.25, 0.3) is 0 Å². The van der Waals surface area contributed by atoms with Gasteiger partial charge in [0.1, 0.15) is 11.9 Å². The van der Waals surface area contributed by atoms with Gasteiger partial charge in [-0.15, -0.1) is 0 Å². The summed E-state index contributed by atoms with van der Waals surface area (Å²) in [5.41, 5.74) is 1.50. The molecule has 1 unspecified atom stereocenters. The first-order valence-electron chi connectivity index (χ1n) is 9.76. The van der Waals surface area contributed by atoms with Crippen molar-refractivity contribution in [3.63, 3.8) is 0 Å². The van der Waals surface area contributed by atoms with E-state index in [1.54, 1.807) is 31.2 Å². The Morgan fingerprint density at radius 3 is 2.47 bits per heavy atom. The second kappa shape index (κ2) is 9.71. The molecular weight excluding hydrogens is 409 g/mol. The van der Waals surface area contributed by atoms with E-state index in [1.807, 2.05) is 12.1 Å². The van der Waals surface area contributed by atoms with Gasteiger partial charge in [0.15, 0.2) is 0 Å². The lowest BCUT2D eigenvalue weighted by Gasteiger charge is -2.37. The van der Waals surface area contributed by atoms with Crippen molar-refractivity contribution in [2.75, 3.05) is 13.1 Å². The van der Waals surface area contributed by atoms with Crippen LogP contribution in [0.2, 0.25) is 5.02 Å². The number of nitrogens with zero attached hydrogens (tertiary/aromatic N) is 2. The van der Waals surface area contributed by atoms with Crippen molar-refractivity contribution in [1.29, 1.82) is 0 Å². The van der Waals surface area contributed by atoms with Crippen LogP contribution in [0, 0.1) is 5.82 Å². The molecule has 30 heavy (non-hydrogen) atoms. The van der Waals surface area contributed by atoms with Gasteiger partial charge in [-0.25, -0.2) is 4.39 Å². The average molecular weight is 432 g/mol. The van der Waals surface area contributed by atoms with E-state index in [9.17, 15) is 18.8 Å². The van der Waals surface area contributed by atoms with E-state index in [0.29, 0.717) is 18.0 Å². The lowest BCUT2D eigenvalue weighted by atomic mass is 10.1. The second-order valence-corrected chi connectivity index (χ2v) is 7.49. The van der Waals surface area contributed by atoms with Crippen LogP contribution < -0.4 is 5.32 Å². The zero-order valence-corrected chi connectivity index (χ0v) is 17.4. The SMILES string of the molecule is CCC(C(=O)NCc1ccccc1Cl)N1CCN(Cc2ccc(F)cc2)C(=O)C1=O. The fraction of sp³-hybridized carbons (Fsp3) is 0.318. The summed E-state index contributed by atoms with van der Waals surface area (Å²) in [7, 11) is 0. The van der Waals surface area contributed by atoms with Gasteiger partial charge >= 0.3 is 11.8 Å². The lowest BCUT2D eigenvalue weighted by Crippen LogP contribution is -2.59. The smallest absolute Gasteiger partial charge is 0.312 e. The Labute approximate surface area is 179 Å². The van der Waals surface area contributed by atoms with Crippen molar-refractivity contribution in [2.45, 2.75) is 32.5 Å². The highest BCUT2D eigenvalue weighted by atomic mass is 35.5. The number of hydrogen-bond donors (Lipinski definition) is 1. The van der Waals surface area contributed by atoms with Crippen LogP contribution in [-0.4, -0.2) is 46.7 Å². The molecule has 0 saturated carbocycles. The lowest BCUT2D eigenvalue weighted by molar-refractivity contribution is -0.159. The number of carbonyl (C=O) groups excluding carboxylic acids is 3. The predicted octanol–water partition coefficient (Wildman–Crippen LogP) is 2.74. The number of nitrogens with one attached hydrogen (secondary N) is 1. The molecule has 1 fully saturated rings. The molecule has 1 heterocycles. The number of piperazine rings is 1. The molecule has 1 aliphatic heterocycles. The van der Waals surface area contributed by atoms with Gasteiger partial charge in [0.25, 0.3) is 0 Å². The van der Waals surface area contributed by atoms with Crippen LogP contribution in [0.4, 0.5) is 4.39 Å².